The van der Waals surface area contributed by atoms with Crippen molar-refractivity contribution in [2.24, 2.45) is 0 Å². The molecule has 156 valence electrons. The van der Waals surface area contributed by atoms with Crippen LogP contribution in [0.1, 0.15) is 21.5 Å². The molecule has 1 aliphatic heterocycles. The van der Waals surface area contributed by atoms with Crippen molar-refractivity contribution in [1.29, 1.82) is 5.26 Å². The van der Waals surface area contributed by atoms with Gasteiger partial charge in [-0.05, 0) is 69.0 Å². The maximum atomic E-state index is 14.0. The molecule has 0 aliphatic carbocycles. The number of halogens is 2. The summed E-state index contributed by atoms with van der Waals surface area (Å²) >= 11 is 3.04. The number of nitriles is 1. The average Bonchev–Trinajstić information content (AvgIpc) is 2.73. The first-order valence-electron chi connectivity index (χ1n) is 8.75. The molecule has 4 bridgehead atoms. The van der Waals surface area contributed by atoms with Gasteiger partial charge in [0.15, 0.2) is 0 Å². The summed E-state index contributed by atoms with van der Waals surface area (Å²) in [4.78, 5) is 12.0. The molecule has 0 saturated heterocycles. The van der Waals surface area contributed by atoms with E-state index in [1.165, 1.54) is 42.5 Å². The van der Waals surface area contributed by atoms with Crippen LogP contribution in [0.3, 0.4) is 0 Å². The van der Waals surface area contributed by atoms with Gasteiger partial charge in [-0.25, -0.2) is 17.6 Å². The highest BCUT2D eigenvalue weighted by Crippen LogP contribution is 2.36. The summed E-state index contributed by atoms with van der Waals surface area (Å²) in [6.45, 7) is -0.211. The maximum Gasteiger partial charge on any atom is 0.338 e. The summed E-state index contributed by atoms with van der Waals surface area (Å²) in [5.74, 6) is -1.99. The minimum Gasteiger partial charge on any atom is -0.505 e. The van der Waals surface area contributed by atoms with Gasteiger partial charge in [0.1, 0.15) is 29.1 Å². The zero-order valence-corrected chi connectivity index (χ0v) is 17.9. The van der Waals surface area contributed by atoms with Crippen LogP contribution in [0.15, 0.2) is 57.9 Å². The molecule has 3 aromatic carbocycles. The molecule has 1 aliphatic rings. The van der Waals surface area contributed by atoms with Crippen LogP contribution in [0.5, 0.6) is 5.75 Å². The number of carbonyl (C=O) groups is 1. The van der Waals surface area contributed by atoms with E-state index in [1.807, 2.05) is 6.07 Å². The number of benzene rings is 3. The van der Waals surface area contributed by atoms with Crippen molar-refractivity contribution in [3.63, 3.8) is 0 Å². The molecule has 0 amide bonds. The van der Waals surface area contributed by atoms with Crippen LogP contribution in [0.2, 0.25) is 0 Å². The smallest absolute Gasteiger partial charge is 0.338 e. The molecule has 0 radical (unpaired) electrons. The highest BCUT2D eigenvalue weighted by molar-refractivity contribution is 9.10. The van der Waals surface area contributed by atoms with Gasteiger partial charge in [0.05, 0.1) is 21.3 Å². The number of aromatic hydroxyl groups is 1. The Kier molecular flexibility index (Phi) is 5.16. The van der Waals surface area contributed by atoms with Crippen LogP contribution in [0, 0.1) is 17.1 Å². The Morgan fingerprint density at radius 2 is 1.90 bits per heavy atom. The molecular weight excluding hydrogens is 491 g/mol. The third-order valence-electron chi connectivity index (χ3n) is 4.68. The fourth-order valence-electron chi connectivity index (χ4n) is 3.16. The second-order valence-electron chi connectivity index (χ2n) is 6.66. The van der Waals surface area contributed by atoms with Gasteiger partial charge in [0.25, 0.3) is 10.0 Å². The molecule has 3 aromatic rings. The number of fused-ring (bicyclic) bond motifs is 6. The Morgan fingerprint density at radius 1 is 1.13 bits per heavy atom. The lowest BCUT2D eigenvalue weighted by Gasteiger charge is -2.14. The summed E-state index contributed by atoms with van der Waals surface area (Å²) in [5, 5.41) is 19.7. The van der Waals surface area contributed by atoms with E-state index in [-0.39, 0.29) is 27.9 Å². The minimum absolute atomic E-state index is 0.0159. The fraction of sp³-hybridized carbons (Fsp3) is 0.0476. The monoisotopic (exact) mass is 502 g/mol. The van der Waals surface area contributed by atoms with Gasteiger partial charge in [-0.3, -0.25) is 4.72 Å². The molecule has 4 rings (SSSR count). The van der Waals surface area contributed by atoms with Crippen molar-refractivity contribution in [2.45, 2.75) is 11.5 Å². The first-order chi connectivity index (χ1) is 14.7. The molecule has 0 saturated carbocycles. The van der Waals surface area contributed by atoms with E-state index in [4.69, 9.17) is 4.74 Å². The molecule has 0 atom stereocenters. The van der Waals surface area contributed by atoms with Gasteiger partial charge in [-0.15, -0.1) is 0 Å². The van der Waals surface area contributed by atoms with Gasteiger partial charge < -0.3 is 9.84 Å². The Balaban J connectivity index is 2.02. The summed E-state index contributed by atoms with van der Waals surface area (Å²) < 4.78 is 47.5. The van der Waals surface area contributed by atoms with Gasteiger partial charge in [-0.1, -0.05) is 12.1 Å². The second-order valence-corrected chi connectivity index (χ2v) is 9.17. The maximum absolute atomic E-state index is 14.0. The number of rotatable bonds is 0. The van der Waals surface area contributed by atoms with Crippen LogP contribution in [0.4, 0.5) is 10.1 Å². The molecule has 10 heteroatoms. The predicted octanol–water partition coefficient (Wildman–Crippen LogP) is 4.30. The number of esters is 1. The van der Waals surface area contributed by atoms with Crippen molar-refractivity contribution in [1.82, 2.24) is 0 Å². The summed E-state index contributed by atoms with van der Waals surface area (Å²) in [6, 6.07) is 12.3. The van der Waals surface area contributed by atoms with Gasteiger partial charge >= 0.3 is 5.97 Å². The zero-order chi connectivity index (χ0) is 22.3. The Bertz CT molecular complexity index is 1400. The highest BCUT2D eigenvalue weighted by atomic mass is 79.9. The summed E-state index contributed by atoms with van der Waals surface area (Å²) in [6.07, 6.45) is 0. The first kappa shape index (κ1) is 20.8. The zero-order valence-electron chi connectivity index (χ0n) is 15.5. The highest BCUT2D eigenvalue weighted by Gasteiger charge is 2.26. The Labute approximate surface area is 184 Å². The van der Waals surface area contributed by atoms with E-state index in [1.54, 1.807) is 0 Å². The van der Waals surface area contributed by atoms with E-state index < -0.39 is 32.5 Å². The molecule has 0 spiro atoms. The first-order valence-corrected chi connectivity index (χ1v) is 11.0. The van der Waals surface area contributed by atoms with Crippen molar-refractivity contribution < 1.29 is 27.4 Å². The molecule has 1 heterocycles. The van der Waals surface area contributed by atoms with Crippen molar-refractivity contribution >= 4 is 37.6 Å². The number of carbonyl (C=O) groups excluding carboxylic acids is 1. The number of phenolic OH excluding ortho intramolecular Hbond substituents is 1. The van der Waals surface area contributed by atoms with E-state index in [0.29, 0.717) is 16.7 Å². The lowest BCUT2D eigenvalue weighted by atomic mass is 9.98. The fourth-order valence-corrected chi connectivity index (χ4v) is 4.97. The molecule has 7 nitrogen and oxygen atoms in total. The van der Waals surface area contributed by atoms with E-state index >= 15 is 0 Å². The summed E-state index contributed by atoms with van der Waals surface area (Å²) in [7, 11) is -4.42. The molecule has 0 fully saturated rings. The van der Waals surface area contributed by atoms with Crippen molar-refractivity contribution in [2.75, 3.05) is 4.72 Å². The second kappa shape index (κ2) is 7.68. The predicted molar refractivity (Wildman–Crippen MR) is 112 cm³/mol. The topological polar surface area (TPSA) is 116 Å². The number of hydrogen-bond acceptors (Lipinski definition) is 6. The third-order valence-corrected chi connectivity index (χ3v) is 6.66. The largest absolute Gasteiger partial charge is 0.505 e. The SMILES string of the molecule is N#Cc1ccc2cc1NS(=O)(=O)c1cc(cc(Br)c1O)C(=O)OCc1ccc(F)cc1-2. The van der Waals surface area contributed by atoms with E-state index in [2.05, 4.69) is 20.7 Å². The normalized spacial score (nSPS) is 14.5. The number of phenols is 1. The molecule has 31 heavy (non-hydrogen) atoms. The lowest BCUT2D eigenvalue weighted by molar-refractivity contribution is 0.0473. The van der Waals surface area contributed by atoms with Crippen LogP contribution in [-0.2, 0) is 21.4 Å². The van der Waals surface area contributed by atoms with Crippen LogP contribution in [-0.4, -0.2) is 19.5 Å². The van der Waals surface area contributed by atoms with Gasteiger partial charge in [0, 0.05) is 0 Å². The van der Waals surface area contributed by atoms with Crippen LogP contribution < -0.4 is 4.72 Å². The quantitative estimate of drug-likeness (QED) is 0.442. The Hall–Kier alpha value is -3.42. The number of nitrogens with zero attached hydrogens (tertiary/aromatic N) is 1. The van der Waals surface area contributed by atoms with Crippen molar-refractivity contribution in [3.8, 4) is 22.9 Å². The number of hydrogen-bond donors (Lipinski definition) is 2. The number of nitrogens with one attached hydrogen (secondary N) is 1. The van der Waals surface area contributed by atoms with Gasteiger partial charge in [0.2, 0.25) is 0 Å². The van der Waals surface area contributed by atoms with Crippen LogP contribution in [0.25, 0.3) is 11.1 Å². The number of ether oxygens (including phenoxy) is 1. The number of sulfonamides is 1. The molecular formula is C21H12BrFN2O5S. The summed E-state index contributed by atoms with van der Waals surface area (Å²) in [5.41, 5.74) is 1.07. The van der Waals surface area contributed by atoms with E-state index in [9.17, 15) is 28.0 Å². The van der Waals surface area contributed by atoms with Crippen molar-refractivity contribution in [3.05, 3.63) is 75.5 Å². The van der Waals surface area contributed by atoms with Crippen LogP contribution >= 0.6 is 15.9 Å². The van der Waals surface area contributed by atoms with E-state index in [0.717, 1.165) is 6.07 Å². The molecule has 0 aromatic heterocycles. The number of anilines is 1. The average molecular weight is 503 g/mol. The minimum atomic E-state index is -4.42. The molecule has 0 unspecified atom stereocenters. The lowest BCUT2D eigenvalue weighted by Crippen LogP contribution is -2.15. The molecule has 2 N–H and O–H groups in total. The Morgan fingerprint density at radius 3 is 2.65 bits per heavy atom. The van der Waals surface area contributed by atoms with Gasteiger partial charge in [-0.2, -0.15) is 5.26 Å². The third kappa shape index (κ3) is 3.85. The number of cyclic esters (lactones) is 1. The standard InChI is InChI=1S/C21H12BrFN2O5S/c22-17-5-14-7-19(20(17)26)31(28,29)25-18-6-11(1-2-12(18)9-24)16-8-15(23)4-3-13(16)10-30-21(14)27/h1-8,25-26H,10H2.